The third-order valence-electron chi connectivity index (χ3n) is 6.94. The SMILES string of the molecule is Cc1cc(C)nc(SCC(=O)N(Cc2cccnc2)C(C(=O)Nc2ccc(N3CCOCC3)cc2)c2ccc(Cl)cc2)n1. The van der Waals surface area contributed by atoms with E-state index in [0.29, 0.717) is 34.6 Å². The Morgan fingerprint density at radius 3 is 2.37 bits per heavy atom. The zero-order valence-electron chi connectivity index (χ0n) is 24.1. The first kappa shape index (κ1) is 30.5. The summed E-state index contributed by atoms with van der Waals surface area (Å²) in [4.78, 5) is 45.0. The van der Waals surface area contributed by atoms with E-state index >= 15 is 0 Å². The highest BCUT2D eigenvalue weighted by molar-refractivity contribution is 7.99. The molecule has 9 nitrogen and oxygen atoms in total. The molecule has 0 radical (unpaired) electrons. The summed E-state index contributed by atoms with van der Waals surface area (Å²) in [5, 5.41) is 4.09. The van der Waals surface area contributed by atoms with Gasteiger partial charge in [0.2, 0.25) is 5.91 Å². The van der Waals surface area contributed by atoms with E-state index in [0.717, 1.165) is 35.7 Å². The Kier molecular flexibility index (Phi) is 10.2. The van der Waals surface area contributed by atoms with E-state index < -0.39 is 6.04 Å². The average molecular weight is 617 g/mol. The number of carbonyl (C=O) groups excluding carboxylic acids is 2. The normalized spacial score (nSPS) is 13.8. The number of benzene rings is 2. The quantitative estimate of drug-likeness (QED) is 0.185. The van der Waals surface area contributed by atoms with Crippen LogP contribution in [0, 0.1) is 13.8 Å². The van der Waals surface area contributed by atoms with E-state index in [1.54, 1.807) is 41.6 Å². The Morgan fingerprint density at radius 1 is 1.02 bits per heavy atom. The van der Waals surface area contributed by atoms with Crippen molar-refractivity contribution in [2.75, 3.05) is 42.3 Å². The molecule has 1 atom stereocenters. The Morgan fingerprint density at radius 2 is 1.72 bits per heavy atom. The summed E-state index contributed by atoms with van der Waals surface area (Å²) in [6.45, 7) is 6.98. The summed E-state index contributed by atoms with van der Waals surface area (Å²) in [7, 11) is 0. The van der Waals surface area contributed by atoms with Crippen LogP contribution in [0.1, 0.15) is 28.6 Å². The number of nitrogens with one attached hydrogen (secondary N) is 1. The van der Waals surface area contributed by atoms with Gasteiger partial charge in [-0.3, -0.25) is 14.6 Å². The van der Waals surface area contributed by atoms with E-state index in [4.69, 9.17) is 16.3 Å². The van der Waals surface area contributed by atoms with Gasteiger partial charge in [0.1, 0.15) is 6.04 Å². The van der Waals surface area contributed by atoms with Crippen molar-refractivity contribution >= 4 is 46.6 Å². The number of hydrogen-bond acceptors (Lipinski definition) is 8. The summed E-state index contributed by atoms with van der Waals surface area (Å²) in [6.07, 6.45) is 3.37. The maximum Gasteiger partial charge on any atom is 0.251 e. The molecule has 0 bridgehead atoms. The number of morpholine rings is 1. The zero-order chi connectivity index (χ0) is 30.2. The molecule has 222 valence electrons. The van der Waals surface area contributed by atoms with Crippen LogP contribution in [0.2, 0.25) is 5.02 Å². The topological polar surface area (TPSA) is 101 Å². The number of amides is 2. The van der Waals surface area contributed by atoms with E-state index in [1.807, 2.05) is 56.3 Å². The Balaban J connectivity index is 1.43. The van der Waals surface area contributed by atoms with Crippen LogP contribution in [-0.4, -0.2) is 63.7 Å². The molecule has 0 aliphatic carbocycles. The van der Waals surface area contributed by atoms with Crippen LogP contribution in [0.3, 0.4) is 0 Å². The first-order valence-corrected chi connectivity index (χ1v) is 15.3. The molecule has 1 aliphatic heterocycles. The molecule has 43 heavy (non-hydrogen) atoms. The van der Waals surface area contributed by atoms with Gasteiger partial charge in [-0.2, -0.15) is 0 Å². The van der Waals surface area contributed by atoms with Crippen LogP contribution in [-0.2, 0) is 20.9 Å². The van der Waals surface area contributed by atoms with Crippen LogP contribution >= 0.6 is 23.4 Å². The number of pyridine rings is 1. The second-order valence-corrected chi connectivity index (χ2v) is 11.6. The second kappa shape index (κ2) is 14.5. The molecule has 11 heteroatoms. The number of anilines is 2. The van der Waals surface area contributed by atoms with E-state index in [-0.39, 0.29) is 24.1 Å². The summed E-state index contributed by atoms with van der Waals surface area (Å²) < 4.78 is 5.46. The van der Waals surface area contributed by atoms with Crippen molar-refractivity contribution < 1.29 is 14.3 Å². The molecule has 2 aromatic heterocycles. The Labute approximate surface area is 260 Å². The minimum atomic E-state index is -0.940. The first-order valence-electron chi connectivity index (χ1n) is 14.0. The van der Waals surface area contributed by atoms with Gasteiger partial charge in [-0.15, -0.1) is 0 Å². The number of thioether (sulfide) groups is 1. The van der Waals surface area contributed by atoms with Crippen molar-refractivity contribution in [3.8, 4) is 0 Å². The maximum absolute atomic E-state index is 14.1. The minimum Gasteiger partial charge on any atom is -0.378 e. The van der Waals surface area contributed by atoms with Crippen molar-refractivity contribution in [2.45, 2.75) is 31.6 Å². The van der Waals surface area contributed by atoms with Gasteiger partial charge in [0.05, 0.1) is 19.0 Å². The molecule has 5 rings (SSSR count). The molecule has 0 saturated carbocycles. The summed E-state index contributed by atoms with van der Waals surface area (Å²) in [6, 6.07) is 19.4. The van der Waals surface area contributed by atoms with Gasteiger partial charge < -0.3 is 19.9 Å². The number of aromatic nitrogens is 3. The van der Waals surface area contributed by atoms with Gasteiger partial charge in [0.25, 0.3) is 5.91 Å². The molecule has 4 aromatic rings. The van der Waals surface area contributed by atoms with Gasteiger partial charge in [-0.1, -0.05) is 41.6 Å². The van der Waals surface area contributed by atoms with Crippen LogP contribution in [0.4, 0.5) is 11.4 Å². The van der Waals surface area contributed by atoms with Crippen LogP contribution in [0.5, 0.6) is 0 Å². The van der Waals surface area contributed by atoms with Gasteiger partial charge >= 0.3 is 0 Å². The lowest BCUT2D eigenvalue weighted by Crippen LogP contribution is -2.42. The molecule has 2 amide bonds. The fraction of sp³-hybridized carbons (Fsp3) is 0.281. The van der Waals surface area contributed by atoms with Crippen molar-refractivity contribution in [1.82, 2.24) is 19.9 Å². The van der Waals surface area contributed by atoms with Crippen molar-refractivity contribution in [3.63, 3.8) is 0 Å². The first-order chi connectivity index (χ1) is 20.9. The van der Waals surface area contributed by atoms with E-state index in [2.05, 4.69) is 25.2 Å². The number of hydrogen-bond donors (Lipinski definition) is 1. The Bertz CT molecular complexity index is 1510. The molecule has 3 heterocycles. The number of rotatable bonds is 10. The fourth-order valence-electron chi connectivity index (χ4n) is 4.88. The Hall–Kier alpha value is -3.99. The highest BCUT2D eigenvalue weighted by Gasteiger charge is 2.32. The average Bonchev–Trinajstić information content (AvgIpc) is 3.01. The number of nitrogens with zero attached hydrogens (tertiary/aromatic N) is 5. The largest absolute Gasteiger partial charge is 0.378 e. The molecule has 1 N–H and O–H groups in total. The highest BCUT2D eigenvalue weighted by atomic mass is 35.5. The van der Waals surface area contributed by atoms with Crippen LogP contribution in [0.25, 0.3) is 0 Å². The molecule has 1 fully saturated rings. The standard InChI is InChI=1S/C32H33ClN6O3S/c1-22-18-23(2)36-32(35-22)43-21-29(40)39(20-24-4-3-13-34-19-24)30(25-5-7-26(33)8-6-25)31(41)37-27-9-11-28(12-10-27)38-14-16-42-17-15-38/h3-13,18-19,30H,14-17,20-21H2,1-2H3,(H,37,41). The minimum absolute atomic E-state index is 0.0504. The van der Waals surface area contributed by atoms with Gasteiger partial charge in [0, 0.05) is 59.8 Å². The molecule has 0 spiro atoms. The number of halogens is 1. The maximum atomic E-state index is 14.1. The molecular formula is C32H33ClN6O3S. The lowest BCUT2D eigenvalue weighted by Gasteiger charge is -2.32. The lowest BCUT2D eigenvalue weighted by atomic mass is 10.0. The van der Waals surface area contributed by atoms with Crippen LogP contribution < -0.4 is 10.2 Å². The summed E-state index contributed by atoms with van der Waals surface area (Å²) in [5.41, 5.74) is 4.78. The smallest absolute Gasteiger partial charge is 0.251 e. The number of carbonyl (C=O) groups is 2. The molecule has 1 saturated heterocycles. The monoisotopic (exact) mass is 616 g/mol. The van der Waals surface area contributed by atoms with E-state index in [9.17, 15) is 9.59 Å². The number of ether oxygens (including phenoxy) is 1. The predicted molar refractivity (Wildman–Crippen MR) is 169 cm³/mol. The molecular weight excluding hydrogens is 584 g/mol. The predicted octanol–water partition coefficient (Wildman–Crippen LogP) is 5.48. The third-order valence-corrected chi connectivity index (χ3v) is 8.02. The lowest BCUT2D eigenvalue weighted by molar-refractivity contribution is -0.137. The zero-order valence-corrected chi connectivity index (χ0v) is 25.6. The van der Waals surface area contributed by atoms with Crippen molar-refractivity contribution in [3.05, 3.63) is 107 Å². The summed E-state index contributed by atoms with van der Waals surface area (Å²) >= 11 is 7.45. The second-order valence-electron chi connectivity index (χ2n) is 10.2. The summed E-state index contributed by atoms with van der Waals surface area (Å²) in [5.74, 6) is -0.532. The van der Waals surface area contributed by atoms with Crippen LogP contribution in [0.15, 0.2) is 84.3 Å². The number of aryl methyl sites for hydroxylation is 2. The fourth-order valence-corrected chi connectivity index (χ4v) is 5.85. The highest BCUT2D eigenvalue weighted by Crippen LogP contribution is 2.29. The molecule has 2 aromatic carbocycles. The van der Waals surface area contributed by atoms with Gasteiger partial charge in [-0.05, 0) is 73.5 Å². The molecule has 1 unspecified atom stereocenters. The van der Waals surface area contributed by atoms with Gasteiger partial charge in [0.15, 0.2) is 5.16 Å². The van der Waals surface area contributed by atoms with Gasteiger partial charge in [-0.25, -0.2) is 9.97 Å². The third kappa shape index (κ3) is 8.31. The van der Waals surface area contributed by atoms with Crippen molar-refractivity contribution in [2.24, 2.45) is 0 Å². The van der Waals surface area contributed by atoms with Crippen molar-refractivity contribution in [1.29, 1.82) is 0 Å². The molecule has 1 aliphatic rings. The van der Waals surface area contributed by atoms with E-state index in [1.165, 1.54) is 11.8 Å².